The van der Waals surface area contributed by atoms with Crippen LogP contribution < -0.4 is 0 Å². The van der Waals surface area contributed by atoms with Crippen molar-refractivity contribution in [2.45, 2.75) is 0 Å². The molecule has 0 spiro atoms. The summed E-state index contributed by atoms with van der Waals surface area (Å²) < 4.78 is 0. The zero-order valence-corrected chi connectivity index (χ0v) is 5.53. The van der Waals surface area contributed by atoms with Crippen LogP contribution >= 0.6 is 0 Å². The zero-order valence-electron chi connectivity index (χ0n) is 1.34. The fraction of sp³-hybridized carbons (Fsp3) is 0. The third kappa shape index (κ3) is 8.85. The van der Waals surface area contributed by atoms with Crippen LogP contribution in [-0.2, 0) is 55.7 Å². The molecule has 0 rings (SSSR count). The summed E-state index contributed by atoms with van der Waals surface area (Å²) in [4.78, 5) is 0. The van der Waals surface area contributed by atoms with E-state index >= 15 is 0 Å². The van der Waals surface area contributed by atoms with Crippen LogP contribution in [0.15, 0.2) is 0 Å². The second-order valence-electron chi connectivity index (χ2n) is 0. The third-order valence-corrected chi connectivity index (χ3v) is 0. The molecule has 0 bridgehead atoms. The van der Waals surface area contributed by atoms with Gasteiger partial charge in [0.05, 0.1) is 0 Å². The van der Waals surface area contributed by atoms with Crippen LogP contribution in [0.2, 0.25) is 0 Å². The van der Waals surface area contributed by atoms with Gasteiger partial charge in [-0.25, -0.2) is 0 Å². The van der Waals surface area contributed by atoms with E-state index in [9.17, 15) is 0 Å². The monoisotopic (exact) mass is 231 g/mol. The topological polar surface area (TPSA) is 0 Å². The Hall–Kier alpha value is 2.30. The van der Waals surface area contributed by atoms with Gasteiger partial charge in [0, 0.05) is 55.7 Å². The first kappa shape index (κ1) is 33.5. The van der Waals surface area contributed by atoms with Crippen molar-refractivity contribution in [2.75, 3.05) is 0 Å². The summed E-state index contributed by atoms with van der Waals surface area (Å²) in [6.07, 6.45) is 0. The van der Waals surface area contributed by atoms with Crippen LogP contribution in [0.25, 0.3) is 0 Å². The summed E-state index contributed by atoms with van der Waals surface area (Å²) in [6, 6.07) is 0. The van der Waals surface area contributed by atoms with Gasteiger partial charge in [-0.15, -0.1) is 0 Å². The molecule has 3 radical (unpaired) electrons. The first-order valence-corrected chi connectivity index (χ1v) is 0. The predicted octanol–water partition coefficient (Wildman–Crippen LogP) is -1.46. The summed E-state index contributed by atoms with van der Waals surface area (Å²) in [7, 11) is 0. The molecule has 0 unspecified atom stereocenters. The van der Waals surface area contributed by atoms with Crippen molar-refractivity contribution in [3.63, 3.8) is 0 Å². The van der Waals surface area contributed by atoms with E-state index in [0.29, 0.717) is 0 Å². The van der Waals surface area contributed by atoms with Crippen LogP contribution in [0.1, 0.15) is 0 Å². The molecule has 23 valence electrons. The fourth-order valence-electron chi connectivity index (χ4n) is 0. The molecule has 0 fully saturated rings. The Bertz CT molecular complexity index is 3.25. The maximum absolute atomic E-state index is 0. The van der Waals surface area contributed by atoms with E-state index in [4.69, 9.17) is 0 Å². The van der Waals surface area contributed by atoms with Crippen molar-refractivity contribution in [1.82, 2.24) is 0 Å². The second kappa shape index (κ2) is 18.5. The summed E-state index contributed by atoms with van der Waals surface area (Å²) in [5.41, 5.74) is 0. The molecule has 0 aliphatic carbocycles. The minimum atomic E-state index is 0. The van der Waals surface area contributed by atoms with Crippen LogP contribution in [0.5, 0.6) is 0 Å². The molecule has 0 amide bonds. The molecular weight excluding hydrogens is 225 g/mol. The van der Waals surface area contributed by atoms with E-state index in [1.54, 1.807) is 0 Å². The fourth-order valence-corrected chi connectivity index (χ4v) is 0. The normalized spacial score (nSPS) is 0. The zero-order chi connectivity index (χ0) is 0. The molecule has 0 heterocycles. The van der Waals surface area contributed by atoms with Crippen molar-refractivity contribution >= 4 is 17.6 Å². The Balaban J connectivity index is 0. The molecule has 0 saturated carbocycles. The van der Waals surface area contributed by atoms with Crippen LogP contribution in [-0.4, -0.2) is 17.6 Å². The molecule has 0 aromatic heterocycles. The molecule has 0 aromatic rings. The minimum Gasteiger partial charge on any atom is 0 e. The Morgan fingerprint density at radius 3 is 0.500 bits per heavy atom. The van der Waals surface area contributed by atoms with Gasteiger partial charge in [-0.2, -0.15) is 0 Å². The maximum Gasteiger partial charge on any atom is 0 e. The Labute approximate surface area is 72.5 Å². The summed E-state index contributed by atoms with van der Waals surface area (Å²) in [5, 5.41) is 0. The molecular formula is H4GeV3. The first-order valence-electron chi connectivity index (χ1n) is 0. The largest absolute Gasteiger partial charge is 0 e. The van der Waals surface area contributed by atoms with E-state index in [1.165, 1.54) is 0 Å². The molecule has 0 N–H and O–H groups in total. The van der Waals surface area contributed by atoms with Crippen molar-refractivity contribution < 1.29 is 55.7 Å². The maximum atomic E-state index is 0. The molecule has 0 nitrogen and oxygen atoms in total. The van der Waals surface area contributed by atoms with Crippen LogP contribution in [0, 0.1) is 0 Å². The average molecular weight is 229 g/mol. The summed E-state index contributed by atoms with van der Waals surface area (Å²) in [5.74, 6) is 0. The van der Waals surface area contributed by atoms with Gasteiger partial charge in [0.25, 0.3) is 0 Å². The van der Waals surface area contributed by atoms with Crippen LogP contribution in [0.4, 0.5) is 0 Å². The van der Waals surface area contributed by atoms with E-state index in [0.717, 1.165) is 0 Å². The summed E-state index contributed by atoms with van der Waals surface area (Å²) >= 11 is 0. The van der Waals surface area contributed by atoms with Gasteiger partial charge in [0.15, 0.2) is 0 Å². The van der Waals surface area contributed by atoms with Gasteiger partial charge in [0.2, 0.25) is 0 Å². The first-order chi connectivity index (χ1) is 0. The molecule has 0 aliphatic rings. The molecule has 0 aliphatic heterocycles. The van der Waals surface area contributed by atoms with Crippen molar-refractivity contribution in [3.8, 4) is 0 Å². The molecule has 0 saturated heterocycles. The second-order valence-corrected chi connectivity index (χ2v) is 0. The predicted molar refractivity (Wildman–Crippen MR) is 11.3 cm³/mol. The standard InChI is InChI=1S/GeH4.3V/h1H4;;;. The Kier molecular flexibility index (Phi) is 155. The van der Waals surface area contributed by atoms with Gasteiger partial charge in [-0.3, -0.25) is 0 Å². The van der Waals surface area contributed by atoms with E-state index in [2.05, 4.69) is 0 Å². The number of hydrogen-bond donors (Lipinski definition) is 0. The average Bonchev–Trinajstić information content (AvgIpc) is 0. The SMILES string of the molecule is [GeH4].[V].[V].[V]. The number of rotatable bonds is 0. The summed E-state index contributed by atoms with van der Waals surface area (Å²) in [6.45, 7) is 0. The van der Waals surface area contributed by atoms with Gasteiger partial charge in [0.1, 0.15) is 0 Å². The van der Waals surface area contributed by atoms with Gasteiger partial charge >= 0.3 is 17.6 Å². The smallest absolute Gasteiger partial charge is 0 e. The molecule has 4 heteroatoms. The van der Waals surface area contributed by atoms with Crippen molar-refractivity contribution in [1.29, 1.82) is 0 Å². The van der Waals surface area contributed by atoms with E-state index < -0.39 is 0 Å². The van der Waals surface area contributed by atoms with E-state index in [1.807, 2.05) is 0 Å². The number of hydrogen-bond acceptors (Lipinski definition) is 0. The Morgan fingerprint density at radius 1 is 0.500 bits per heavy atom. The van der Waals surface area contributed by atoms with Gasteiger partial charge in [-0.05, 0) is 0 Å². The molecule has 4 heavy (non-hydrogen) atoms. The van der Waals surface area contributed by atoms with Gasteiger partial charge < -0.3 is 0 Å². The molecule has 0 atom stereocenters. The van der Waals surface area contributed by atoms with E-state index in [-0.39, 0.29) is 73.3 Å². The van der Waals surface area contributed by atoms with Crippen molar-refractivity contribution in [2.24, 2.45) is 0 Å². The third-order valence-electron chi connectivity index (χ3n) is 0. The molecule has 0 aromatic carbocycles. The van der Waals surface area contributed by atoms with Crippen LogP contribution in [0.3, 0.4) is 0 Å². The van der Waals surface area contributed by atoms with Gasteiger partial charge in [-0.1, -0.05) is 0 Å². The quantitative estimate of drug-likeness (QED) is 0.446. The Morgan fingerprint density at radius 2 is 0.500 bits per heavy atom. The van der Waals surface area contributed by atoms with Crippen molar-refractivity contribution in [3.05, 3.63) is 0 Å². The minimum absolute atomic E-state index is 0.